The van der Waals surface area contributed by atoms with Crippen LogP contribution in [0.2, 0.25) is 0 Å². The normalized spacial score (nSPS) is 17.4. The van der Waals surface area contributed by atoms with Crippen molar-refractivity contribution >= 4 is 15.9 Å². The summed E-state index contributed by atoms with van der Waals surface area (Å²) in [5.74, 6) is -0.669. The van der Waals surface area contributed by atoms with Gasteiger partial charge in [0.25, 0.3) is 5.91 Å². The SMILES string of the molecule is COCCN1C(=O)c2cccn2CC1CNS(=O)(=O)c1ccc(F)cc1. The van der Waals surface area contributed by atoms with Crippen molar-refractivity contribution in [2.75, 3.05) is 26.8 Å². The van der Waals surface area contributed by atoms with Crippen LogP contribution in [0.3, 0.4) is 0 Å². The molecule has 1 aliphatic heterocycles. The number of carbonyl (C=O) groups is 1. The van der Waals surface area contributed by atoms with E-state index in [2.05, 4.69) is 4.72 Å². The van der Waals surface area contributed by atoms with Crippen LogP contribution in [-0.4, -0.2) is 56.6 Å². The van der Waals surface area contributed by atoms with Gasteiger partial charge >= 0.3 is 0 Å². The molecular weight excluding hydrogens is 361 g/mol. The Morgan fingerprint density at radius 3 is 2.69 bits per heavy atom. The first-order valence-electron chi connectivity index (χ1n) is 8.12. The summed E-state index contributed by atoms with van der Waals surface area (Å²) in [7, 11) is -2.25. The Morgan fingerprint density at radius 2 is 2.00 bits per heavy atom. The predicted octanol–water partition coefficient (Wildman–Crippen LogP) is 1.08. The van der Waals surface area contributed by atoms with Gasteiger partial charge < -0.3 is 14.2 Å². The van der Waals surface area contributed by atoms with E-state index in [0.29, 0.717) is 25.4 Å². The lowest BCUT2D eigenvalue weighted by molar-refractivity contribution is 0.0518. The number of amides is 1. The molecule has 0 aliphatic carbocycles. The van der Waals surface area contributed by atoms with E-state index in [1.165, 1.54) is 12.1 Å². The molecule has 0 spiro atoms. The highest BCUT2D eigenvalue weighted by molar-refractivity contribution is 7.89. The van der Waals surface area contributed by atoms with E-state index >= 15 is 0 Å². The summed E-state index contributed by atoms with van der Waals surface area (Å²) >= 11 is 0. The van der Waals surface area contributed by atoms with Crippen LogP contribution in [-0.2, 0) is 21.3 Å². The molecule has 1 aromatic carbocycles. The van der Waals surface area contributed by atoms with Crippen LogP contribution in [0.4, 0.5) is 4.39 Å². The van der Waals surface area contributed by atoms with Gasteiger partial charge in [0, 0.05) is 32.9 Å². The Balaban J connectivity index is 1.76. The lowest BCUT2D eigenvalue weighted by atomic mass is 10.1. The molecule has 0 saturated carbocycles. The van der Waals surface area contributed by atoms with E-state index in [-0.39, 0.29) is 23.4 Å². The Bertz CT molecular complexity index is 880. The average Bonchev–Trinajstić information content (AvgIpc) is 3.08. The van der Waals surface area contributed by atoms with E-state index in [0.717, 1.165) is 12.1 Å². The highest BCUT2D eigenvalue weighted by atomic mass is 32.2. The van der Waals surface area contributed by atoms with Crippen LogP contribution in [0.5, 0.6) is 0 Å². The molecule has 0 bridgehead atoms. The zero-order valence-corrected chi connectivity index (χ0v) is 15.1. The van der Waals surface area contributed by atoms with Gasteiger partial charge in [-0.25, -0.2) is 17.5 Å². The maximum absolute atomic E-state index is 13.0. The third-order valence-corrected chi connectivity index (χ3v) is 5.77. The summed E-state index contributed by atoms with van der Waals surface area (Å²) < 4.78 is 47.2. The molecule has 2 aromatic rings. The molecule has 0 saturated heterocycles. The molecule has 0 radical (unpaired) electrons. The van der Waals surface area contributed by atoms with Crippen molar-refractivity contribution in [2.45, 2.75) is 17.5 Å². The van der Waals surface area contributed by atoms with Gasteiger partial charge in [0.1, 0.15) is 11.5 Å². The number of hydrogen-bond donors (Lipinski definition) is 1. The number of hydrogen-bond acceptors (Lipinski definition) is 4. The molecule has 3 rings (SSSR count). The second-order valence-electron chi connectivity index (χ2n) is 6.00. The molecule has 1 unspecified atom stereocenters. The number of carbonyl (C=O) groups excluding carboxylic acids is 1. The van der Waals surface area contributed by atoms with Gasteiger partial charge in [-0.3, -0.25) is 4.79 Å². The van der Waals surface area contributed by atoms with Gasteiger partial charge in [-0.2, -0.15) is 0 Å². The van der Waals surface area contributed by atoms with Crippen LogP contribution < -0.4 is 4.72 Å². The minimum absolute atomic E-state index is 0.0221. The lowest BCUT2D eigenvalue weighted by Gasteiger charge is -2.36. The third kappa shape index (κ3) is 3.79. The summed E-state index contributed by atoms with van der Waals surface area (Å²) in [4.78, 5) is 14.3. The number of nitrogens with zero attached hydrogens (tertiary/aromatic N) is 2. The molecule has 26 heavy (non-hydrogen) atoms. The van der Waals surface area contributed by atoms with Gasteiger partial charge in [-0.05, 0) is 36.4 Å². The number of sulfonamides is 1. The fraction of sp³-hybridized carbons (Fsp3) is 0.353. The van der Waals surface area contributed by atoms with Crippen molar-refractivity contribution in [1.82, 2.24) is 14.2 Å². The Hall–Kier alpha value is -2.23. The number of aromatic nitrogens is 1. The van der Waals surface area contributed by atoms with Crippen LogP contribution >= 0.6 is 0 Å². The fourth-order valence-electron chi connectivity index (χ4n) is 2.96. The van der Waals surface area contributed by atoms with Gasteiger partial charge in [-0.1, -0.05) is 0 Å². The molecule has 0 fully saturated rings. The number of methoxy groups -OCH3 is 1. The van der Waals surface area contributed by atoms with Gasteiger partial charge in [0.05, 0.1) is 17.5 Å². The second kappa shape index (κ2) is 7.56. The van der Waals surface area contributed by atoms with Gasteiger partial charge in [0.2, 0.25) is 10.0 Å². The molecule has 1 aliphatic rings. The topological polar surface area (TPSA) is 80.6 Å². The van der Waals surface area contributed by atoms with Crippen molar-refractivity contribution in [2.24, 2.45) is 0 Å². The number of ether oxygens (including phenoxy) is 1. The summed E-state index contributed by atoms with van der Waals surface area (Å²) in [6.45, 7) is 1.24. The summed E-state index contributed by atoms with van der Waals surface area (Å²) in [5, 5.41) is 0. The number of halogens is 1. The molecule has 140 valence electrons. The molecule has 1 N–H and O–H groups in total. The van der Waals surface area contributed by atoms with Gasteiger partial charge in [0.15, 0.2) is 0 Å². The van der Waals surface area contributed by atoms with E-state index in [1.54, 1.807) is 30.3 Å². The average molecular weight is 381 g/mol. The molecule has 1 atom stereocenters. The first kappa shape index (κ1) is 18.6. The molecule has 2 heterocycles. The largest absolute Gasteiger partial charge is 0.383 e. The minimum Gasteiger partial charge on any atom is -0.383 e. The minimum atomic E-state index is -3.80. The van der Waals surface area contributed by atoms with Crippen molar-refractivity contribution < 1.29 is 22.3 Å². The highest BCUT2D eigenvalue weighted by Gasteiger charge is 2.32. The summed E-state index contributed by atoms with van der Waals surface area (Å²) in [6, 6.07) is 7.76. The van der Waals surface area contributed by atoms with Crippen molar-refractivity contribution in [3.05, 3.63) is 54.1 Å². The number of rotatable bonds is 7. The van der Waals surface area contributed by atoms with E-state index in [1.807, 2.05) is 4.57 Å². The maximum atomic E-state index is 13.0. The van der Waals surface area contributed by atoms with E-state index in [4.69, 9.17) is 4.74 Å². The quantitative estimate of drug-likeness (QED) is 0.778. The Kier molecular flexibility index (Phi) is 5.40. The lowest BCUT2D eigenvalue weighted by Crippen LogP contribution is -2.53. The van der Waals surface area contributed by atoms with Crippen LogP contribution in [0.15, 0.2) is 47.5 Å². The standard InChI is InChI=1S/C17H20FN3O4S/c1-25-10-9-21-14(12-20-8-2-3-16(20)17(21)22)11-19-26(23,24)15-6-4-13(18)5-7-15/h2-8,14,19H,9-12H2,1H3. The van der Waals surface area contributed by atoms with Crippen LogP contribution in [0.1, 0.15) is 10.5 Å². The van der Waals surface area contributed by atoms with Gasteiger partial charge in [-0.15, -0.1) is 0 Å². The Labute approximate surface area is 151 Å². The zero-order chi connectivity index (χ0) is 18.7. The highest BCUT2D eigenvalue weighted by Crippen LogP contribution is 2.19. The molecule has 9 heteroatoms. The van der Waals surface area contributed by atoms with E-state index < -0.39 is 15.8 Å². The monoisotopic (exact) mass is 381 g/mol. The summed E-state index contributed by atoms with van der Waals surface area (Å²) in [6.07, 6.45) is 1.79. The van der Waals surface area contributed by atoms with Crippen molar-refractivity contribution in [1.29, 1.82) is 0 Å². The maximum Gasteiger partial charge on any atom is 0.270 e. The second-order valence-corrected chi connectivity index (χ2v) is 7.76. The van der Waals surface area contributed by atoms with Crippen LogP contribution in [0.25, 0.3) is 0 Å². The molecular formula is C17H20FN3O4S. The third-order valence-electron chi connectivity index (χ3n) is 4.33. The molecule has 1 aromatic heterocycles. The molecule has 7 nitrogen and oxygen atoms in total. The number of fused-ring (bicyclic) bond motifs is 1. The summed E-state index contributed by atoms with van der Waals surface area (Å²) in [5.41, 5.74) is 0.568. The zero-order valence-electron chi connectivity index (χ0n) is 14.3. The number of nitrogens with one attached hydrogen (secondary N) is 1. The fourth-order valence-corrected chi connectivity index (χ4v) is 4.03. The first-order chi connectivity index (χ1) is 12.4. The number of benzene rings is 1. The molecule has 1 amide bonds. The van der Waals surface area contributed by atoms with E-state index in [9.17, 15) is 17.6 Å². The smallest absolute Gasteiger partial charge is 0.270 e. The Morgan fingerprint density at radius 1 is 1.27 bits per heavy atom. The van der Waals surface area contributed by atoms with Crippen molar-refractivity contribution in [3.63, 3.8) is 0 Å². The van der Waals surface area contributed by atoms with Crippen molar-refractivity contribution in [3.8, 4) is 0 Å². The predicted molar refractivity (Wildman–Crippen MR) is 92.7 cm³/mol. The first-order valence-corrected chi connectivity index (χ1v) is 9.61. The van der Waals surface area contributed by atoms with Crippen LogP contribution in [0, 0.1) is 5.82 Å².